The Hall–Kier alpha value is -3.22. The Balaban J connectivity index is 1.74. The van der Waals surface area contributed by atoms with Gasteiger partial charge in [-0.1, -0.05) is 6.58 Å². The minimum atomic E-state index is -0.280. The molecule has 0 N–H and O–H groups in total. The lowest BCUT2D eigenvalue weighted by atomic mass is 10.1. The number of likely N-dealkylation sites (tertiary alicyclic amines) is 1. The molecule has 0 aliphatic carbocycles. The molecule has 1 aromatic carbocycles. The summed E-state index contributed by atoms with van der Waals surface area (Å²) in [6.45, 7) is 4.81. The topological polar surface area (TPSA) is 56.0 Å². The maximum absolute atomic E-state index is 13.3. The number of hydrogen-bond acceptors (Lipinski definition) is 3. The molecule has 0 bridgehead atoms. The van der Waals surface area contributed by atoms with E-state index in [1.807, 2.05) is 30.1 Å². The fraction of sp³-hybridized carbons (Fsp3) is 0.250. The number of benzene rings is 1. The van der Waals surface area contributed by atoms with Crippen molar-refractivity contribution < 1.29 is 9.18 Å². The van der Waals surface area contributed by atoms with Crippen LogP contribution in [-0.2, 0) is 11.8 Å². The van der Waals surface area contributed by atoms with Crippen molar-refractivity contribution in [3.05, 3.63) is 61.1 Å². The number of carbonyl (C=O) groups excluding carboxylic acids is 1. The number of carbonyl (C=O) groups is 1. The zero-order valence-electron chi connectivity index (χ0n) is 15.0. The van der Waals surface area contributed by atoms with Gasteiger partial charge in [0.05, 0.1) is 17.4 Å². The maximum atomic E-state index is 13.3. The van der Waals surface area contributed by atoms with Gasteiger partial charge in [0, 0.05) is 31.9 Å². The molecule has 1 aliphatic heterocycles. The van der Waals surface area contributed by atoms with Gasteiger partial charge < -0.3 is 4.90 Å². The highest BCUT2D eigenvalue weighted by atomic mass is 19.1. The van der Waals surface area contributed by atoms with Crippen LogP contribution in [0.4, 0.5) is 4.39 Å². The average Bonchev–Trinajstić information content (AvgIpc) is 3.40. The summed E-state index contributed by atoms with van der Waals surface area (Å²) in [7, 11) is 1.87. The summed E-state index contributed by atoms with van der Waals surface area (Å²) in [5.74, 6) is -0.347. The summed E-state index contributed by atoms with van der Waals surface area (Å²) < 4.78 is 17.0. The number of aromatic nitrogens is 4. The van der Waals surface area contributed by atoms with E-state index in [0.717, 1.165) is 29.1 Å². The second kappa shape index (κ2) is 6.83. The average molecular weight is 365 g/mol. The maximum Gasteiger partial charge on any atom is 0.246 e. The lowest BCUT2D eigenvalue weighted by Crippen LogP contribution is -2.27. The third-order valence-corrected chi connectivity index (χ3v) is 4.85. The Bertz CT molecular complexity index is 988. The summed E-state index contributed by atoms with van der Waals surface area (Å²) in [5.41, 5.74) is 3.29. The van der Waals surface area contributed by atoms with E-state index in [0.29, 0.717) is 13.1 Å². The SMILES string of the molecule is C=CC(=O)N1CC[C@H](n2nc(-c3ccc(F)cc3)cc2-c2ccn(C)n2)C1. The number of hydrogen-bond donors (Lipinski definition) is 0. The second-order valence-corrected chi connectivity index (χ2v) is 6.67. The van der Waals surface area contributed by atoms with E-state index in [4.69, 9.17) is 5.10 Å². The monoisotopic (exact) mass is 365 g/mol. The molecule has 0 saturated carbocycles. The Morgan fingerprint density at radius 3 is 2.67 bits per heavy atom. The molecule has 3 heterocycles. The highest BCUT2D eigenvalue weighted by molar-refractivity contribution is 5.87. The lowest BCUT2D eigenvalue weighted by Gasteiger charge is -2.16. The van der Waals surface area contributed by atoms with Crippen LogP contribution >= 0.6 is 0 Å². The molecule has 3 aromatic rings. The van der Waals surface area contributed by atoms with Crippen molar-refractivity contribution in [2.45, 2.75) is 12.5 Å². The van der Waals surface area contributed by atoms with E-state index in [2.05, 4.69) is 11.7 Å². The predicted octanol–water partition coefficient (Wildman–Crippen LogP) is 3.05. The van der Waals surface area contributed by atoms with E-state index < -0.39 is 0 Å². The minimum Gasteiger partial charge on any atom is -0.337 e. The first-order valence-electron chi connectivity index (χ1n) is 8.82. The minimum absolute atomic E-state index is 0.0557. The Morgan fingerprint density at radius 1 is 1.22 bits per heavy atom. The van der Waals surface area contributed by atoms with E-state index in [9.17, 15) is 9.18 Å². The molecule has 1 aliphatic rings. The summed E-state index contributed by atoms with van der Waals surface area (Å²) >= 11 is 0. The Labute approximate surface area is 156 Å². The first kappa shape index (κ1) is 17.2. The summed E-state index contributed by atoms with van der Waals surface area (Å²) in [5, 5.41) is 9.28. The molecule has 2 aromatic heterocycles. The van der Waals surface area contributed by atoms with Crippen molar-refractivity contribution >= 4 is 5.91 Å². The van der Waals surface area contributed by atoms with E-state index in [1.165, 1.54) is 18.2 Å². The molecule has 1 atom stereocenters. The third-order valence-electron chi connectivity index (χ3n) is 4.85. The number of aryl methyl sites for hydroxylation is 1. The van der Waals surface area contributed by atoms with Gasteiger partial charge in [0.1, 0.15) is 11.5 Å². The molecule has 1 fully saturated rings. The summed E-state index contributed by atoms with van der Waals surface area (Å²) in [6, 6.07) is 10.2. The van der Waals surface area contributed by atoms with Crippen molar-refractivity contribution in [3.63, 3.8) is 0 Å². The van der Waals surface area contributed by atoms with Crippen LogP contribution < -0.4 is 0 Å². The van der Waals surface area contributed by atoms with Crippen LogP contribution in [-0.4, -0.2) is 43.5 Å². The smallest absolute Gasteiger partial charge is 0.246 e. The number of nitrogens with zero attached hydrogens (tertiary/aromatic N) is 5. The summed E-state index contributed by atoms with van der Waals surface area (Å²) in [6.07, 6.45) is 4.03. The standard InChI is InChI=1S/C20H20FN5O/c1-3-20(27)25-11-8-16(13-25)26-19(17-9-10-24(2)22-17)12-18(23-26)14-4-6-15(21)7-5-14/h3-7,9-10,12,16H,1,8,11,13H2,2H3/t16-/m0/s1. The molecule has 4 rings (SSSR count). The molecular weight excluding hydrogens is 345 g/mol. The van der Waals surface area contributed by atoms with Crippen LogP contribution in [0.25, 0.3) is 22.6 Å². The normalized spacial score (nSPS) is 16.7. The largest absolute Gasteiger partial charge is 0.337 e. The molecule has 6 nitrogen and oxygen atoms in total. The third kappa shape index (κ3) is 3.28. The van der Waals surface area contributed by atoms with Crippen molar-refractivity contribution in [1.82, 2.24) is 24.5 Å². The van der Waals surface area contributed by atoms with Crippen molar-refractivity contribution in [2.75, 3.05) is 13.1 Å². The lowest BCUT2D eigenvalue weighted by molar-refractivity contribution is -0.125. The molecule has 138 valence electrons. The number of amides is 1. The van der Waals surface area contributed by atoms with Gasteiger partial charge in [-0.05, 0) is 48.9 Å². The number of halogens is 1. The van der Waals surface area contributed by atoms with Crippen LogP contribution in [0.1, 0.15) is 12.5 Å². The highest BCUT2D eigenvalue weighted by Gasteiger charge is 2.29. The van der Waals surface area contributed by atoms with E-state index >= 15 is 0 Å². The van der Waals surface area contributed by atoms with Gasteiger partial charge in [-0.3, -0.25) is 14.2 Å². The second-order valence-electron chi connectivity index (χ2n) is 6.67. The van der Waals surface area contributed by atoms with Gasteiger partial charge >= 0.3 is 0 Å². The Kier molecular flexibility index (Phi) is 4.35. The van der Waals surface area contributed by atoms with Gasteiger partial charge in [-0.2, -0.15) is 10.2 Å². The van der Waals surface area contributed by atoms with E-state index in [-0.39, 0.29) is 17.8 Å². The van der Waals surface area contributed by atoms with Gasteiger partial charge in [-0.15, -0.1) is 0 Å². The molecule has 0 unspecified atom stereocenters. The molecule has 7 heteroatoms. The van der Waals surface area contributed by atoms with Gasteiger partial charge in [0.15, 0.2) is 0 Å². The molecule has 0 radical (unpaired) electrons. The van der Waals surface area contributed by atoms with Gasteiger partial charge in [0.25, 0.3) is 0 Å². The fourth-order valence-corrected chi connectivity index (χ4v) is 3.45. The number of rotatable bonds is 4. The van der Waals surface area contributed by atoms with Crippen LogP contribution in [0.2, 0.25) is 0 Å². The fourth-order valence-electron chi connectivity index (χ4n) is 3.45. The van der Waals surface area contributed by atoms with Crippen molar-refractivity contribution in [1.29, 1.82) is 0 Å². The van der Waals surface area contributed by atoms with Gasteiger partial charge in [0.2, 0.25) is 5.91 Å². The molecular formula is C20H20FN5O. The first-order valence-corrected chi connectivity index (χ1v) is 8.82. The van der Waals surface area contributed by atoms with E-state index in [1.54, 1.807) is 21.7 Å². The predicted molar refractivity (Wildman–Crippen MR) is 100 cm³/mol. The molecule has 27 heavy (non-hydrogen) atoms. The van der Waals surface area contributed by atoms with Crippen molar-refractivity contribution in [2.24, 2.45) is 7.05 Å². The highest BCUT2D eigenvalue weighted by Crippen LogP contribution is 2.31. The van der Waals surface area contributed by atoms with Crippen molar-refractivity contribution in [3.8, 4) is 22.6 Å². The van der Waals surface area contributed by atoms with Crippen LogP contribution in [0, 0.1) is 5.82 Å². The van der Waals surface area contributed by atoms with Crippen LogP contribution in [0.3, 0.4) is 0 Å². The molecule has 1 saturated heterocycles. The zero-order valence-corrected chi connectivity index (χ0v) is 15.0. The molecule has 0 spiro atoms. The Morgan fingerprint density at radius 2 is 2.00 bits per heavy atom. The summed E-state index contributed by atoms with van der Waals surface area (Å²) in [4.78, 5) is 13.7. The zero-order chi connectivity index (χ0) is 19.0. The first-order chi connectivity index (χ1) is 13.0. The van der Waals surface area contributed by atoms with Crippen LogP contribution in [0.15, 0.2) is 55.3 Å². The van der Waals surface area contributed by atoms with Crippen LogP contribution in [0.5, 0.6) is 0 Å². The quantitative estimate of drug-likeness (QED) is 0.668. The van der Waals surface area contributed by atoms with Gasteiger partial charge in [-0.25, -0.2) is 4.39 Å². The molecule has 1 amide bonds.